The predicted molar refractivity (Wildman–Crippen MR) is 74.8 cm³/mol. The van der Waals surface area contributed by atoms with Gasteiger partial charge in [0.25, 0.3) is 0 Å². The number of piperidine rings is 1. The van der Waals surface area contributed by atoms with Crippen molar-refractivity contribution in [3.8, 4) is 0 Å². The van der Waals surface area contributed by atoms with Crippen LogP contribution in [0.5, 0.6) is 0 Å². The van der Waals surface area contributed by atoms with Gasteiger partial charge in [0.05, 0.1) is 16.6 Å². The van der Waals surface area contributed by atoms with Crippen molar-refractivity contribution < 1.29 is 0 Å². The van der Waals surface area contributed by atoms with Crippen molar-refractivity contribution in [3.63, 3.8) is 0 Å². The van der Waals surface area contributed by atoms with Gasteiger partial charge in [0, 0.05) is 11.8 Å². The zero-order valence-electron chi connectivity index (χ0n) is 10.5. The van der Waals surface area contributed by atoms with Crippen molar-refractivity contribution in [2.75, 3.05) is 19.6 Å². The summed E-state index contributed by atoms with van der Waals surface area (Å²) in [6.07, 6.45) is 5.07. The molecule has 2 heterocycles. The average Bonchev–Trinajstić information content (AvgIpc) is 2.80. The number of thiazole rings is 1. The van der Waals surface area contributed by atoms with E-state index in [0.29, 0.717) is 5.88 Å². The number of aromatic nitrogens is 1. The number of aryl methyl sites for hydroxylation is 1. The van der Waals surface area contributed by atoms with E-state index in [1.54, 1.807) is 11.3 Å². The standard InChI is InChI=1S/C13H21ClN2S/c1-11-4-7-16(8-5-11)6-2-3-13-15-12(9-14)10-17-13/h10-11H,2-9H2,1H3. The number of hydrogen-bond donors (Lipinski definition) is 0. The number of nitrogens with zero attached hydrogens (tertiary/aromatic N) is 2. The molecule has 1 aromatic rings. The lowest BCUT2D eigenvalue weighted by Crippen LogP contribution is -2.33. The Morgan fingerprint density at radius 2 is 2.24 bits per heavy atom. The molecule has 1 fully saturated rings. The Bertz CT molecular complexity index is 332. The first-order chi connectivity index (χ1) is 8.28. The van der Waals surface area contributed by atoms with Crippen molar-refractivity contribution in [1.29, 1.82) is 0 Å². The van der Waals surface area contributed by atoms with Crippen molar-refractivity contribution >= 4 is 22.9 Å². The normalized spacial score (nSPS) is 18.7. The molecule has 0 aromatic carbocycles. The van der Waals surface area contributed by atoms with Crippen molar-refractivity contribution in [1.82, 2.24) is 9.88 Å². The molecule has 4 heteroatoms. The molecular weight excluding hydrogens is 252 g/mol. The molecule has 17 heavy (non-hydrogen) atoms. The maximum atomic E-state index is 5.75. The number of hydrogen-bond acceptors (Lipinski definition) is 3. The van der Waals surface area contributed by atoms with Gasteiger partial charge in [0.1, 0.15) is 0 Å². The van der Waals surface area contributed by atoms with Gasteiger partial charge in [0.2, 0.25) is 0 Å². The Kier molecular flexibility index (Phi) is 5.26. The van der Waals surface area contributed by atoms with E-state index in [9.17, 15) is 0 Å². The molecule has 0 amide bonds. The third-order valence-electron chi connectivity index (χ3n) is 3.48. The second-order valence-electron chi connectivity index (χ2n) is 4.99. The van der Waals surface area contributed by atoms with Crippen LogP contribution in [0.4, 0.5) is 0 Å². The lowest BCUT2D eigenvalue weighted by Gasteiger charge is -2.29. The number of alkyl halides is 1. The molecule has 0 atom stereocenters. The Morgan fingerprint density at radius 3 is 2.88 bits per heavy atom. The van der Waals surface area contributed by atoms with Crippen LogP contribution in [0.25, 0.3) is 0 Å². The van der Waals surface area contributed by atoms with E-state index in [-0.39, 0.29) is 0 Å². The number of likely N-dealkylation sites (tertiary alicyclic amines) is 1. The van der Waals surface area contributed by atoms with Crippen LogP contribution in [0.1, 0.15) is 36.9 Å². The highest BCUT2D eigenvalue weighted by molar-refractivity contribution is 7.09. The molecule has 96 valence electrons. The first-order valence-corrected chi connectivity index (χ1v) is 7.91. The molecule has 0 spiro atoms. The molecule has 0 aliphatic carbocycles. The minimum atomic E-state index is 0.542. The molecule has 1 aliphatic heterocycles. The van der Waals surface area contributed by atoms with Crippen LogP contribution in [-0.4, -0.2) is 29.5 Å². The molecule has 0 saturated carbocycles. The van der Waals surface area contributed by atoms with E-state index in [2.05, 4.69) is 22.2 Å². The second kappa shape index (κ2) is 6.72. The Balaban J connectivity index is 1.65. The highest BCUT2D eigenvalue weighted by Gasteiger charge is 2.14. The summed E-state index contributed by atoms with van der Waals surface area (Å²) in [6.45, 7) is 6.15. The van der Waals surface area contributed by atoms with Gasteiger partial charge in [-0.1, -0.05) is 6.92 Å². The van der Waals surface area contributed by atoms with E-state index >= 15 is 0 Å². The molecule has 1 saturated heterocycles. The lowest BCUT2D eigenvalue weighted by atomic mass is 9.99. The highest BCUT2D eigenvalue weighted by Crippen LogP contribution is 2.17. The summed E-state index contributed by atoms with van der Waals surface area (Å²) in [5.74, 6) is 1.47. The summed E-state index contributed by atoms with van der Waals surface area (Å²) < 4.78 is 0. The fourth-order valence-electron chi connectivity index (χ4n) is 2.26. The Hall–Kier alpha value is -0.120. The monoisotopic (exact) mass is 272 g/mol. The first-order valence-electron chi connectivity index (χ1n) is 6.49. The van der Waals surface area contributed by atoms with E-state index in [4.69, 9.17) is 11.6 Å². The van der Waals surface area contributed by atoms with E-state index < -0.39 is 0 Å². The van der Waals surface area contributed by atoms with Gasteiger partial charge in [-0.25, -0.2) is 4.98 Å². The Morgan fingerprint density at radius 1 is 1.47 bits per heavy atom. The molecule has 0 bridgehead atoms. The SMILES string of the molecule is CC1CCN(CCCc2nc(CCl)cs2)CC1. The fourth-order valence-corrected chi connectivity index (χ4v) is 3.33. The van der Waals surface area contributed by atoms with Crippen LogP contribution >= 0.6 is 22.9 Å². The van der Waals surface area contributed by atoms with Gasteiger partial charge >= 0.3 is 0 Å². The third-order valence-corrected chi connectivity index (χ3v) is 4.71. The minimum absolute atomic E-state index is 0.542. The summed E-state index contributed by atoms with van der Waals surface area (Å²) >= 11 is 7.49. The summed E-state index contributed by atoms with van der Waals surface area (Å²) in [7, 11) is 0. The van der Waals surface area contributed by atoms with Crippen molar-refractivity contribution in [2.24, 2.45) is 5.92 Å². The van der Waals surface area contributed by atoms with Gasteiger partial charge in [-0.05, 0) is 44.8 Å². The predicted octanol–water partition coefficient (Wildman–Crippen LogP) is 3.55. The van der Waals surface area contributed by atoms with Gasteiger partial charge in [-0.2, -0.15) is 0 Å². The van der Waals surface area contributed by atoms with Gasteiger partial charge in [-0.3, -0.25) is 0 Å². The van der Waals surface area contributed by atoms with Crippen LogP contribution in [0.15, 0.2) is 5.38 Å². The maximum absolute atomic E-state index is 5.75. The highest BCUT2D eigenvalue weighted by atomic mass is 35.5. The van der Waals surface area contributed by atoms with E-state index in [0.717, 1.165) is 18.0 Å². The molecular formula is C13H21ClN2S. The summed E-state index contributed by atoms with van der Waals surface area (Å²) in [5, 5.41) is 3.32. The van der Waals surface area contributed by atoms with E-state index in [1.165, 1.54) is 43.9 Å². The van der Waals surface area contributed by atoms with Crippen molar-refractivity contribution in [3.05, 3.63) is 16.1 Å². The zero-order chi connectivity index (χ0) is 12.1. The van der Waals surface area contributed by atoms with Crippen molar-refractivity contribution in [2.45, 2.75) is 38.5 Å². The number of halogens is 1. The van der Waals surface area contributed by atoms with Crippen LogP contribution in [0.3, 0.4) is 0 Å². The molecule has 0 radical (unpaired) electrons. The van der Waals surface area contributed by atoms with Crippen LogP contribution in [0.2, 0.25) is 0 Å². The van der Waals surface area contributed by atoms with Gasteiger partial charge in [-0.15, -0.1) is 22.9 Å². The smallest absolute Gasteiger partial charge is 0.0929 e. The Labute approximate surface area is 113 Å². The summed E-state index contributed by atoms with van der Waals surface area (Å²) in [4.78, 5) is 7.08. The first kappa shape index (κ1) is 13.3. The largest absolute Gasteiger partial charge is 0.303 e. The lowest BCUT2D eigenvalue weighted by molar-refractivity contribution is 0.191. The fraction of sp³-hybridized carbons (Fsp3) is 0.769. The molecule has 0 N–H and O–H groups in total. The van der Waals surface area contributed by atoms with Crippen LogP contribution in [-0.2, 0) is 12.3 Å². The quantitative estimate of drug-likeness (QED) is 0.762. The van der Waals surface area contributed by atoms with Gasteiger partial charge < -0.3 is 4.90 Å². The zero-order valence-corrected chi connectivity index (χ0v) is 12.1. The topological polar surface area (TPSA) is 16.1 Å². The molecule has 1 aliphatic rings. The molecule has 2 rings (SSSR count). The number of rotatable bonds is 5. The minimum Gasteiger partial charge on any atom is -0.303 e. The molecule has 0 unspecified atom stereocenters. The maximum Gasteiger partial charge on any atom is 0.0929 e. The van der Waals surface area contributed by atoms with Crippen LogP contribution < -0.4 is 0 Å². The van der Waals surface area contributed by atoms with E-state index in [1.807, 2.05) is 0 Å². The second-order valence-corrected chi connectivity index (χ2v) is 6.20. The molecule has 1 aromatic heterocycles. The van der Waals surface area contributed by atoms with Crippen LogP contribution in [0, 0.1) is 5.92 Å². The third kappa shape index (κ3) is 4.23. The summed E-state index contributed by atoms with van der Waals surface area (Å²) in [6, 6.07) is 0. The summed E-state index contributed by atoms with van der Waals surface area (Å²) in [5.41, 5.74) is 1.03. The molecule has 2 nitrogen and oxygen atoms in total. The van der Waals surface area contributed by atoms with Gasteiger partial charge in [0.15, 0.2) is 0 Å². The average molecular weight is 273 g/mol.